The molecule has 3 rings (SSSR count). The van der Waals surface area contributed by atoms with Crippen LogP contribution in [-0.2, 0) is 16.6 Å². The molecule has 2 N–H and O–H groups in total. The molecule has 10 heteroatoms. The Morgan fingerprint density at radius 3 is 2.34 bits per heavy atom. The first-order valence-electron chi connectivity index (χ1n) is 9.73. The van der Waals surface area contributed by atoms with Gasteiger partial charge in [-0.15, -0.1) is 11.3 Å². The van der Waals surface area contributed by atoms with Gasteiger partial charge in [0.05, 0.1) is 12.0 Å². The zero-order valence-corrected chi connectivity index (χ0v) is 19.2. The van der Waals surface area contributed by atoms with E-state index in [1.54, 1.807) is 24.4 Å². The van der Waals surface area contributed by atoms with Gasteiger partial charge in [0.25, 0.3) is 11.8 Å². The minimum absolute atomic E-state index is 0.0617. The summed E-state index contributed by atoms with van der Waals surface area (Å²) in [5.74, 6) is -0.995. The number of carbonyl (C=O) groups excluding carboxylic acids is 2. The Balaban J connectivity index is 1.84. The maximum absolute atomic E-state index is 13.4. The Morgan fingerprint density at radius 2 is 1.72 bits per heavy atom. The molecule has 3 aromatic rings. The fourth-order valence-electron chi connectivity index (χ4n) is 2.97. The van der Waals surface area contributed by atoms with E-state index in [9.17, 15) is 18.0 Å². The van der Waals surface area contributed by atoms with E-state index in [0.717, 1.165) is 5.56 Å². The Labute approximate surface area is 190 Å². The third-order valence-electron chi connectivity index (χ3n) is 4.63. The molecule has 0 aliphatic heterocycles. The number of thiophene rings is 1. The summed E-state index contributed by atoms with van der Waals surface area (Å²) in [6.45, 7) is 2.15. The zero-order valence-electron chi connectivity index (χ0n) is 17.6. The molecule has 1 heterocycles. The molecule has 2 aromatic carbocycles. The number of nitrogens with zero attached hydrogens (tertiary/aromatic N) is 1. The number of hydrogen-bond donors (Lipinski definition) is 2. The lowest BCUT2D eigenvalue weighted by Gasteiger charge is -2.22. The van der Waals surface area contributed by atoms with E-state index >= 15 is 0 Å². The Bertz CT molecular complexity index is 1180. The smallest absolute Gasteiger partial charge is 0.279 e. The molecule has 0 fully saturated rings. The van der Waals surface area contributed by atoms with Crippen molar-refractivity contribution in [3.8, 4) is 5.75 Å². The van der Waals surface area contributed by atoms with Crippen molar-refractivity contribution in [2.75, 3.05) is 13.7 Å². The molecular weight excluding hydrogens is 450 g/mol. The summed E-state index contributed by atoms with van der Waals surface area (Å²) in [7, 11) is -2.61. The van der Waals surface area contributed by atoms with Crippen LogP contribution in [0.5, 0.6) is 5.75 Å². The standard InChI is InChI=1S/C22H23N3O5S2/c1-3-25(15-16-8-5-4-6-9-16)32(28,29)20-14-17(11-12-18(20)30-2)21(26)23-24-22(27)19-10-7-13-31-19/h4-14H,3,15H2,1-2H3,(H,23,26)(H,24,27). The summed E-state index contributed by atoms with van der Waals surface area (Å²) >= 11 is 1.23. The highest BCUT2D eigenvalue weighted by molar-refractivity contribution is 7.89. The van der Waals surface area contributed by atoms with Gasteiger partial charge in [-0.3, -0.25) is 20.4 Å². The average Bonchev–Trinajstić information content (AvgIpc) is 3.36. The summed E-state index contributed by atoms with van der Waals surface area (Å²) in [6.07, 6.45) is 0. The predicted molar refractivity (Wildman–Crippen MR) is 122 cm³/mol. The number of methoxy groups -OCH3 is 1. The summed E-state index contributed by atoms with van der Waals surface area (Å²) in [6, 6.07) is 16.7. The zero-order chi connectivity index (χ0) is 23.1. The van der Waals surface area contributed by atoms with Crippen LogP contribution < -0.4 is 15.6 Å². The van der Waals surface area contributed by atoms with Crippen molar-refractivity contribution in [3.63, 3.8) is 0 Å². The van der Waals surface area contributed by atoms with Gasteiger partial charge in [0.1, 0.15) is 10.6 Å². The van der Waals surface area contributed by atoms with E-state index in [2.05, 4.69) is 10.9 Å². The van der Waals surface area contributed by atoms with Crippen molar-refractivity contribution < 1.29 is 22.7 Å². The van der Waals surface area contributed by atoms with E-state index in [-0.39, 0.29) is 29.3 Å². The third-order valence-corrected chi connectivity index (χ3v) is 7.44. The fourth-order valence-corrected chi connectivity index (χ4v) is 5.21. The number of benzene rings is 2. The molecule has 0 radical (unpaired) electrons. The number of rotatable bonds is 8. The van der Waals surface area contributed by atoms with Crippen LogP contribution in [-0.4, -0.2) is 38.2 Å². The summed E-state index contributed by atoms with van der Waals surface area (Å²) in [5.41, 5.74) is 5.52. The third kappa shape index (κ3) is 5.34. The summed E-state index contributed by atoms with van der Waals surface area (Å²) in [4.78, 5) is 24.9. The second-order valence-corrected chi connectivity index (χ2v) is 9.52. The Kier molecular flexibility index (Phi) is 7.62. The highest BCUT2D eigenvalue weighted by Gasteiger charge is 2.28. The first kappa shape index (κ1) is 23.5. The van der Waals surface area contributed by atoms with Crippen molar-refractivity contribution in [3.05, 3.63) is 82.0 Å². The number of amides is 2. The number of hydrazine groups is 1. The molecule has 168 valence electrons. The van der Waals surface area contributed by atoms with Gasteiger partial charge >= 0.3 is 0 Å². The lowest BCUT2D eigenvalue weighted by Crippen LogP contribution is -2.41. The van der Waals surface area contributed by atoms with E-state index in [1.165, 1.54) is 41.0 Å². The quantitative estimate of drug-likeness (QED) is 0.490. The molecule has 0 bridgehead atoms. The minimum Gasteiger partial charge on any atom is -0.495 e. The van der Waals surface area contributed by atoms with Crippen LogP contribution >= 0.6 is 11.3 Å². The number of ether oxygens (including phenoxy) is 1. The van der Waals surface area contributed by atoms with E-state index in [4.69, 9.17) is 4.74 Å². The maximum Gasteiger partial charge on any atom is 0.279 e. The largest absolute Gasteiger partial charge is 0.495 e. The number of hydrogen-bond acceptors (Lipinski definition) is 6. The Hall–Kier alpha value is -3.21. The number of nitrogens with one attached hydrogen (secondary N) is 2. The van der Waals surface area contributed by atoms with E-state index < -0.39 is 21.8 Å². The lowest BCUT2D eigenvalue weighted by atomic mass is 10.2. The molecule has 1 aromatic heterocycles. The van der Waals surface area contributed by atoms with Crippen LogP contribution in [0.25, 0.3) is 0 Å². The highest BCUT2D eigenvalue weighted by atomic mass is 32.2. The highest BCUT2D eigenvalue weighted by Crippen LogP contribution is 2.29. The van der Waals surface area contributed by atoms with Gasteiger partial charge in [-0.05, 0) is 35.2 Å². The first-order valence-corrected chi connectivity index (χ1v) is 12.0. The van der Waals surface area contributed by atoms with Crippen LogP contribution in [0.15, 0.2) is 70.9 Å². The molecule has 32 heavy (non-hydrogen) atoms. The second kappa shape index (κ2) is 10.4. The minimum atomic E-state index is -3.97. The average molecular weight is 474 g/mol. The molecule has 0 saturated carbocycles. The molecule has 0 spiro atoms. The van der Waals surface area contributed by atoms with Crippen LogP contribution in [0.4, 0.5) is 0 Å². The van der Waals surface area contributed by atoms with Crippen LogP contribution in [0, 0.1) is 0 Å². The normalized spacial score (nSPS) is 11.2. The van der Waals surface area contributed by atoms with E-state index in [0.29, 0.717) is 4.88 Å². The molecule has 8 nitrogen and oxygen atoms in total. The van der Waals surface area contributed by atoms with Crippen LogP contribution in [0.1, 0.15) is 32.5 Å². The monoisotopic (exact) mass is 473 g/mol. The maximum atomic E-state index is 13.4. The fraction of sp³-hybridized carbons (Fsp3) is 0.182. The molecule has 0 atom stereocenters. The van der Waals surface area contributed by atoms with Gasteiger partial charge in [0.15, 0.2) is 0 Å². The first-order chi connectivity index (χ1) is 15.4. The lowest BCUT2D eigenvalue weighted by molar-refractivity contribution is 0.0848. The molecule has 0 aliphatic rings. The number of carbonyl (C=O) groups is 2. The SMILES string of the molecule is CCN(Cc1ccccc1)S(=O)(=O)c1cc(C(=O)NNC(=O)c2cccs2)ccc1OC. The summed E-state index contributed by atoms with van der Waals surface area (Å²) in [5, 5.41) is 1.74. The van der Waals surface area contributed by atoms with Crippen LogP contribution in [0.2, 0.25) is 0 Å². The van der Waals surface area contributed by atoms with Crippen molar-refractivity contribution in [2.24, 2.45) is 0 Å². The second-order valence-electron chi connectivity index (χ2n) is 6.67. The van der Waals surface area contributed by atoms with Gasteiger partial charge < -0.3 is 4.74 Å². The van der Waals surface area contributed by atoms with Gasteiger partial charge in [-0.1, -0.05) is 43.3 Å². The van der Waals surface area contributed by atoms with Gasteiger partial charge in [-0.25, -0.2) is 8.42 Å². The van der Waals surface area contributed by atoms with Crippen molar-refractivity contribution >= 4 is 33.2 Å². The van der Waals surface area contributed by atoms with Crippen LogP contribution in [0.3, 0.4) is 0 Å². The molecule has 0 aliphatic carbocycles. The van der Waals surface area contributed by atoms with E-state index in [1.807, 2.05) is 30.3 Å². The topological polar surface area (TPSA) is 105 Å². The summed E-state index contributed by atoms with van der Waals surface area (Å²) < 4.78 is 33.3. The van der Waals surface area contributed by atoms with Crippen molar-refractivity contribution in [1.82, 2.24) is 15.2 Å². The predicted octanol–water partition coefficient (Wildman–Crippen LogP) is 3.04. The van der Waals surface area contributed by atoms with Crippen molar-refractivity contribution in [2.45, 2.75) is 18.4 Å². The van der Waals surface area contributed by atoms with Gasteiger partial charge in [0, 0.05) is 18.7 Å². The Morgan fingerprint density at radius 1 is 1.00 bits per heavy atom. The molecular formula is C22H23N3O5S2. The van der Waals surface area contributed by atoms with Gasteiger partial charge in [-0.2, -0.15) is 4.31 Å². The van der Waals surface area contributed by atoms with Crippen molar-refractivity contribution in [1.29, 1.82) is 0 Å². The number of sulfonamides is 1. The van der Waals surface area contributed by atoms with Gasteiger partial charge in [0.2, 0.25) is 10.0 Å². The molecule has 0 unspecified atom stereocenters. The molecule has 0 saturated heterocycles. The molecule has 2 amide bonds.